The summed E-state index contributed by atoms with van der Waals surface area (Å²) in [6, 6.07) is 7.29. The molecule has 19 heavy (non-hydrogen) atoms. The number of halogens is 1. The van der Waals surface area contributed by atoms with Crippen molar-refractivity contribution in [1.82, 2.24) is 0 Å². The molecule has 0 bridgehead atoms. The minimum atomic E-state index is 0.695. The first-order valence-corrected chi connectivity index (χ1v) is 8.23. The second kappa shape index (κ2) is 7.30. The normalized spacial score (nSPS) is 17.2. The molecule has 3 heteroatoms. The average molecular weight is 325 g/mol. The zero-order valence-electron chi connectivity index (χ0n) is 11.9. The van der Waals surface area contributed by atoms with E-state index in [2.05, 4.69) is 46.1 Å². The van der Waals surface area contributed by atoms with Crippen LogP contribution in [0.1, 0.15) is 44.1 Å². The van der Waals surface area contributed by atoms with E-state index in [4.69, 9.17) is 5.73 Å². The molecule has 0 unspecified atom stereocenters. The van der Waals surface area contributed by atoms with Gasteiger partial charge in [-0.2, -0.15) is 0 Å². The molecule has 1 aromatic carbocycles. The van der Waals surface area contributed by atoms with Crippen LogP contribution in [0.15, 0.2) is 22.7 Å². The van der Waals surface area contributed by atoms with Gasteiger partial charge < -0.3 is 10.6 Å². The Balaban J connectivity index is 2.18. The van der Waals surface area contributed by atoms with Crippen LogP contribution in [-0.4, -0.2) is 19.6 Å². The smallest absolute Gasteiger partial charge is 0.0399 e. The van der Waals surface area contributed by atoms with Gasteiger partial charge in [0.05, 0.1) is 0 Å². The molecule has 1 aromatic rings. The molecule has 0 saturated heterocycles. The van der Waals surface area contributed by atoms with Gasteiger partial charge in [-0.25, -0.2) is 0 Å². The van der Waals surface area contributed by atoms with E-state index in [1.54, 1.807) is 0 Å². The highest BCUT2D eigenvalue weighted by atomic mass is 79.9. The summed E-state index contributed by atoms with van der Waals surface area (Å²) in [5.41, 5.74) is 8.48. The highest BCUT2D eigenvalue weighted by Gasteiger charge is 2.19. The minimum absolute atomic E-state index is 0.695. The molecule has 1 aliphatic rings. The predicted octanol–water partition coefficient (Wildman–Crippen LogP) is 4.11. The number of anilines is 1. The van der Waals surface area contributed by atoms with Crippen molar-refractivity contribution in [3.63, 3.8) is 0 Å². The standard InChI is InChI=1S/C16H25BrN2/c1-19(15-6-4-2-3-5-7-15)16-9-8-14(17)12-13(16)10-11-18/h8-9,12,15H,2-7,10-11,18H2,1H3. The zero-order valence-corrected chi connectivity index (χ0v) is 13.5. The first-order valence-electron chi connectivity index (χ1n) is 7.43. The number of hydrogen-bond donors (Lipinski definition) is 1. The van der Waals surface area contributed by atoms with E-state index in [-0.39, 0.29) is 0 Å². The lowest BCUT2D eigenvalue weighted by molar-refractivity contribution is 0.551. The van der Waals surface area contributed by atoms with E-state index < -0.39 is 0 Å². The molecule has 0 radical (unpaired) electrons. The van der Waals surface area contributed by atoms with Crippen LogP contribution in [-0.2, 0) is 6.42 Å². The minimum Gasteiger partial charge on any atom is -0.371 e. The van der Waals surface area contributed by atoms with Crippen molar-refractivity contribution in [3.05, 3.63) is 28.2 Å². The lowest BCUT2D eigenvalue weighted by Crippen LogP contribution is -2.32. The lowest BCUT2D eigenvalue weighted by atomic mass is 10.0. The lowest BCUT2D eigenvalue weighted by Gasteiger charge is -2.31. The molecule has 1 fully saturated rings. The molecular weight excluding hydrogens is 300 g/mol. The number of rotatable bonds is 4. The molecule has 1 aliphatic carbocycles. The fourth-order valence-corrected chi connectivity index (χ4v) is 3.50. The Morgan fingerprint density at radius 1 is 1.21 bits per heavy atom. The largest absolute Gasteiger partial charge is 0.371 e. The Morgan fingerprint density at radius 3 is 2.53 bits per heavy atom. The third-order valence-electron chi connectivity index (χ3n) is 4.21. The zero-order chi connectivity index (χ0) is 13.7. The SMILES string of the molecule is CN(c1ccc(Br)cc1CCN)C1CCCCCC1. The summed E-state index contributed by atoms with van der Waals surface area (Å²) >= 11 is 3.56. The average Bonchev–Trinajstić information content (AvgIpc) is 2.67. The van der Waals surface area contributed by atoms with Gasteiger partial charge in [0.1, 0.15) is 0 Å². The summed E-state index contributed by atoms with van der Waals surface area (Å²) in [5, 5.41) is 0. The van der Waals surface area contributed by atoms with Gasteiger partial charge in [-0.1, -0.05) is 41.6 Å². The van der Waals surface area contributed by atoms with Crippen molar-refractivity contribution in [2.24, 2.45) is 5.73 Å². The van der Waals surface area contributed by atoms with Crippen LogP contribution in [0.2, 0.25) is 0 Å². The van der Waals surface area contributed by atoms with Gasteiger partial charge in [-0.15, -0.1) is 0 Å². The maximum absolute atomic E-state index is 5.75. The van der Waals surface area contributed by atoms with E-state index in [0.29, 0.717) is 12.6 Å². The summed E-state index contributed by atoms with van der Waals surface area (Å²) in [5.74, 6) is 0. The van der Waals surface area contributed by atoms with Gasteiger partial charge in [0, 0.05) is 23.2 Å². The molecule has 0 atom stereocenters. The number of benzene rings is 1. The Kier molecular flexibility index (Phi) is 5.71. The van der Waals surface area contributed by atoms with Crippen molar-refractivity contribution < 1.29 is 0 Å². The van der Waals surface area contributed by atoms with Gasteiger partial charge in [-0.05, 0) is 49.6 Å². The molecule has 0 heterocycles. The van der Waals surface area contributed by atoms with E-state index in [1.807, 2.05) is 0 Å². The summed E-state index contributed by atoms with van der Waals surface area (Å²) < 4.78 is 1.15. The molecule has 1 saturated carbocycles. The van der Waals surface area contributed by atoms with E-state index in [0.717, 1.165) is 10.9 Å². The van der Waals surface area contributed by atoms with Crippen LogP contribution in [0.5, 0.6) is 0 Å². The summed E-state index contributed by atoms with van der Waals surface area (Å²) in [6.07, 6.45) is 9.16. The molecule has 0 spiro atoms. The highest BCUT2D eigenvalue weighted by molar-refractivity contribution is 9.10. The molecule has 0 amide bonds. The first-order chi connectivity index (χ1) is 9.22. The second-order valence-electron chi connectivity index (χ2n) is 5.57. The Labute approximate surface area is 125 Å². The van der Waals surface area contributed by atoms with Gasteiger partial charge in [0.15, 0.2) is 0 Å². The second-order valence-corrected chi connectivity index (χ2v) is 6.48. The van der Waals surface area contributed by atoms with Gasteiger partial charge >= 0.3 is 0 Å². The summed E-state index contributed by atoms with van der Waals surface area (Å²) in [6.45, 7) is 0.710. The number of hydrogen-bond acceptors (Lipinski definition) is 2. The van der Waals surface area contributed by atoms with Crippen LogP contribution in [0.25, 0.3) is 0 Å². The number of nitrogens with zero attached hydrogens (tertiary/aromatic N) is 1. The molecule has 0 aliphatic heterocycles. The summed E-state index contributed by atoms with van der Waals surface area (Å²) in [7, 11) is 2.25. The van der Waals surface area contributed by atoms with E-state index in [1.165, 1.54) is 49.8 Å². The van der Waals surface area contributed by atoms with Gasteiger partial charge in [0.2, 0.25) is 0 Å². The van der Waals surface area contributed by atoms with Crippen LogP contribution in [0.4, 0.5) is 5.69 Å². The monoisotopic (exact) mass is 324 g/mol. The fourth-order valence-electron chi connectivity index (χ4n) is 3.10. The molecular formula is C16H25BrN2. The third kappa shape index (κ3) is 3.96. The summed E-state index contributed by atoms with van der Waals surface area (Å²) in [4.78, 5) is 2.49. The molecule has 2 rings (SSSR count). The van der Waals surface area contributed by atoms with Crippen LogP contribution in [0, 0.1) is 0 Å². The van der Waals surface area contributed by atoms with Crippen molar-refractivity contribution in [2.45, 2.75) is 51.0 Å². The molecule has 0 aromatic heterocycles. The maximum Gasteiger partial charge on any atom is 0.0399 e. The van der Waals surface area contributed by atoms with Crippen LogP contribution < -0.4 is 10.6 Å². The van der Waals surface area contributed by atoms with Crippen molar-refractivity contribution >= 4 is 21.6 Å². The van der Waals surface area contributed by atoms with Crippen molar-refractivity contribution in [2.75, 3.05) is 18.5 Å². The Hall–Kier alpha value is -0.540. The maximum atomic E-state index is 5.75. The van der Waals surface area contributed by atoms with Gasteiger partial charge in [-0.3, -0.25) is 0 Å². The van der Waals surface area contributed by atoms with Gasteiger partial charge in [0.25, 0.3) is 0 Å². The molecule has 2 N–H and O–H groups in total. The fraction of sp³-hybridized carbons (Fsp3) is 0.625. The van der Waals surface area contributed by atoms with Crippen molar-refractivity contribution in [3.8, 4) is 0 Å². The Morgan fingerprint density at radius 2 is 1.89 bits per heavy atom. The first kappa shape index (κ1) is 14.9. The van der Waals surface area contributed by atoms with E-state index in [9.17, 15) is 0 Å². The molecule has 2 nitrogen and oxygen atoms in total. The Bertz CT molecular complexity index is 398. The van der Waals surface area contributed by atoms with Crippen molar-refractivity contribution in [1.29, 1.82) is 0 Å². The van der Waals surface area contributed by atoms with Crippen LogP contribution >= 0.6 is 15.9 Å². The quantitative estimate of drug-likeness (QED) is 0.844. The van der Waals surface area contributed by atoms with Crippen LogP contribution in [0.3, 0.4) is 0 Å². The topological polar surface area (TPSA) is 29.3 Å². The highest BCUT2D eigenvalue weighted by Crippen LogP contribution is 2.29. The number of nitrogens with two attached hydrogens (primary N) is 1. The predicted molar refractivity (Wildman–Crippen MR) is 86.8 cm³/mol. The van der Waals surface area contributed by atoms with E-state index >= 15 is 0 Å². The third-order valence-corrected chi connectivity index (χ3v) is 4.70. The molecule has 106 valence electrons.